The SMILES string of the molecule is CN=C(NCCc1cn2cccc(C)c2n1)NCC(c1ccccc1OC)N1CCCC1. The zero-order chi connectivity index (χ0) is 22.3. The monoisotopic (exact) mass is 434 g/mol. The number of aromatic nitrogens is 2. The predicted molar refractivity (Wildman–Crippen MR) is 130 cm³/mol. The first-order chi connectivity index (χ1) is 15.7. The Hall–Kier alpha value is -3.06. The van der Waals surface area contributed by atoms with Gasteiger partial charge in [0.15, 0.2) is 5.96 Å². The van der Waals surface area contributed by atoms with Crippen molar-refractivity contribution in [1.82, 2.24) is 24.9 Å². The second-order valence-corrected chi connectivity index (χ2v) is 8.29. The lowest BCUT2D eigenvalue weighted by Gasteiger charge is -2.30. The fourth-order valence-electron chi connectivity index (χ4n) is 4.48. The largest absolute Gasteiger partial charge is 0.496 e. The van der Waals surface area contributed by atoms with E-state index in [1.807, 2.05) is 25.4 Å². The molecule has 1 unspecified atom stereocenters. The van der Waals surface area contributed by atoms with Crippen molar-refractivity contribution in [1.29, 1.82) is 0 Å². The van der Waals surface area contributed by atoms with E-state index < -0.39 is 0 Å². The Labute approximate surface area is 190 Å². The average molecular weight is 435 g/mol. The van der Waals surface area contributed by atoms with E-state index in [0.29, 0.717) is 0 Å². The fraction of sp³-hybridized carbons (Fsp3) is 0.440. The molecule has 0 bridgehead atoms. The Balaban J connectivity index is 1.36. The summed E-state index contributed by atoms with van der Waals surface area (Å²) in [7, 11) is 3.56. The van der Waals surface area contributed by atoms with Crippen molar-refractivity contribution in [2.45, 2.75) is 32.2 Å². The van der Waals surface area contributed by atoms with Crippen molar-refractivity contribution >= 4 is 11.6 Å². The van der Waals surface area contributed by atoms with Crippen LogP contribution in [0.15, 0.2) is 53.8 Å². The number of fused-ring (bicyclic) bond motifs is 1. The van der Waals surface area contributed by atoms with Crippen molar-refractivity contribution in [3.63, 3.8) is 0 Å². The van der Waals surface area contributed by atoms with Crippen molar-refractivity contribution in [2.24, 2.45) is 4.99 Å². The minimum absolute atomic E-state index is 0.244. The highest BCUT2D eigenvalue weighted by molar-refractivity contribution is 5.79. The van der Waals surface area contributed by atoms with E-state index in [-0.39, 0.29) is 6.04 Å². The summed E-state index contributed by atoms with van der Waals surface area (Å²) in [5, 5.41) is 6.98. The lowest BCUT2D eigenvalue weighted by atomic mass is 10.0. The Bertz CT molecular complexity index is 1050. The predicted octanol–water partition coefficient (Wildman–Crippen LogP) is 3.20. The van der Waals surface area contributed by atoms with Gasteiger partial charge in [0.25, 0.3) is 0 Å². The molecule has 3 heterocycles. The molecule has 1 aromatic carbocycles. The van der Waals surface area contributed by atoms with Gasteiger partial charge in [0.05, 0.1) is 18.8 Å². The Morgan fingerprint density at radius 2 is 1.97 bits per heavy atom. The van der Waals surface area contributed by atoms with E-state index in [1.165, 1.54) is 24.0 Å². The molecule has 1 fully saturated rings. The van der Waals surface area contributed by atoms with Crippen LogP contribution in [0.3, 0.4) is 0 Å². The fourth-order valence-corrected chi connectivity index (χ4v) is 4.48. The molecule has 0 radical (unpaired) electrons. The number of nitrogens with one attached hydrogen (secondary N) is 2. The van der Waals surface area contributed by atoms with E-state index in [2.05, 4.69) is 62.3 Å². The van der Waals surface area contributed by atoms with Gasteiger partial charge in [-0.1, -0.05) is 24.3 Å². The third-order valence-electron chi connectivity index (χ3n) is 6.17. The van der Waals surface area contributed by atoms with Crippen LogP contribution in [0.1, 0.15) is 35.7 Å². The highest BCUT2D eigenvalue weighted by Gasteiger charge is 2.26. The molecule has 1 saturated heterocycles. The zero-order valence-corrected chi connectivity index (χ0v) is 19.3. The van der Waals surface area contributed by atoms with E-state index in [0.717, 1.165) is 55.7 Å². The molecule has 1 atom stereocenters. The summed E-state index contributed by atoms with van der Waals surface area (Å²) in [6.07, 6.45) is 7.48. The van der Waals surface area contributed by atoms with Crippen LogP contribution in [0, 0.1) is 6.92 Å². The number of hydrogen-bond donors (Lipinski definition) is 2. The molecule has 7 heteroatoms. The third kappa shape index (κ3) is 5.05. The molecule has 3 aromatic rings. The summed E-state index contributed by atoms with van der Waals surface area (Å²) in [6, 6.07) is 12.7. The van der Waals surface area contributed by atoms with Crippen LogP contribution >= 0.6 is 0 Å². The molecule has 2 aromatic heterocycles. The number of pyridine rings is 1. The topological polar surface area (TPSA) is 66.2 Å². The standard InChI is InChI=1S/C25H34N6O/c1-19-9-8-16-31-18-20(29-24(19)31)12-13-27-25(26-2)28-17-22(30-14-6-7-15-30)21-10-4-5-11-23(21)32-3/h4-5,8-11,16,18,22H,6-7,12-15,17H2,1-3H3,(H2,26,27,28). The number of ether oxygens (including phenoxy) is 1. The smallest absolute Gasteiger partial charge is 0.191 e. The maximum atomic E-state index is 5.66. The maximum absolute atomic E-state index is 5.66. The number of imidazole rings is 1. The number of rotatable bonds is 8. The summed E-state index contributed by atoms with van der Waals surface area (Å²) in [4.78, 5) is 11.7. The van der Waals surface area contributed by atoms with Crippen LogP contribution in [-0.2, 0) is 6.42 Å². The molecule has 32 heavy (non-hydrogen) atoms. The quantitative estimate of drug-likeness (QED) is 0.421. The van der Waals surface area contributed by atoms with Gasteiger partial charge in [0, 0.05) is 44.5 Å². The Morgan fingerprint density at radius 3 is 2.72 bits per heavy atom. The summed E-state index contributed by atoms with van der Waals surface area (Å²) < 4.78 is 7.75. The number of aliphatic imine (C=N–C) groups is 1. The molecule has 0 spiro atoms. The molecule has 7 nitrogen and oxygen atoms in total. The minimum Gasteiger partial charge on any atom is -0.496 e. The molecule has 0 aliphatic carbocycles. The third-order valence-corrected chi connectivity index (χ3v) is 6.17. The molecule has 1 aliphatic heterocycles. The van der Waals surface area contributed by atoms with Crippen LogP contribution in [-0.4, -0.2) is 60.6 Å². The number of likely N-dealkylation sites (tertiary alicyclic amines) is 1. The summed E-state index contributed by atoms with van der Waals surface area (Å²) in [5.74, 6) is 1.75. The summed E-state index contributed by atoms with van der Waals surface area (Å²) in [6.45, 7) is 5.86. The molecule has 2 N–H and O–H groups in total. The lowest BCUT2D eigenvalue weighted by molar-refractivity contribution is 0.239. The van der Waals surface area contributed by atoms with Gasteiger partial charge in [-0.05, 0) is 50.6 Å². The lowest BCUT2D eigenvalue weighted by Crippen LogP contribution is -2.43. The van der Waals surface area contributed by atoms with Crippen LogP contribution in [0.4, 0.5) is 0 Å². The zero-order valence-electron chi connectivity index (χ0n) is 19.3. The van der Waals surface area contributed by atoms with Gasteiger partial charge in [0.2, 0.25) is 0 Å². The van der Waals surface area contributed by atoms with E-state index in [9.17, 15) is 0 Å². The maximum Gasteiger partial charge on any atom is 0.191 e. The van der Waals surface area contributed by atoms with Crippen LogP contribution in [0.2, 0.25) is 0 Å². The first-order valence-corrected chi connectivity index (χ1v) is 11.4. The molecule has 4 rings (SSSR count). The van der Waals surface area contributed by atoms with Crippen molar-refractivity contribution in [2.75, 3.05) is 40.3 Å². The minimum atomic E-state index is 0.244. The molecular weight excluding hydrogens is 400 g/mol. The highest BCUT2D eigenvalue weighted by atomic mass is 16.5. The Kier molecular flexibility index (Phi) is 7.27. The number of para-hydroxylation sites is 1. The normalized spacial score (nSPS) is 15.8. The second kappa shape index (κ2) is 10.5. The van der Waals surface area contributed by atoms with Crippen LogP contribution in [0.5, 0.6) is 5.75 Å². The van der Waals surface area contributed by atoms with Crippen LogP contribution in [0.25, 0.3) is 5.65 Å². The van der Waals surface area contributed by atoms with Gasteiger partial charge < -0.3 is 19.8 Å². The number of hydrogen-bond acceptors (Lipinski definition) is 4. The van der Waals surface area contributed by atoms with Gasteiger partial charge >= 0.3 is 0 Å². The summed E-state index contributed by atoms with van der Waals surface area (Å²) >= 11 is 0. The summed E-state index contributed by atoms with van der Waals surface area (Å²) in [5.41, 5.74) is 4.51. The molecular formula is C25H34N6O. The number of guanidine groups is 1. The number of methoxy groups -OCH3 is 1. The number of benzene rings is 1. The molecule has 170 valence electrons. The van der Waals surface area contributed by atoms with Crippen LogP contribution < -0.4 is 15.4 Å². The van der Waals surface area contributed by atoms with E-state index >= 15 is 0 Å². The highest BCUT2D eigenvalue weighted by Crippen LogP contribution is 2.31. The van der Waals surface area contributed by atoms with Gasteiger partial charge in [-0.2, -0.15) is 0 Å². The van der Waals surface area contributed by atoms with Crippen molar-refractivity contribution < 1.29 is 4.74 Å². The van der Waals surface area contributed by atoms with Crippen molar-refractivity contribution in [3.8, 4) is 5.75 Å². The average Bonchev–Trinajstić information content (AvgIpc) is 3.49. The first-order valence-electron chi connectivity index (χ1n) is 11.4. The van der Waals surface area contributed by atoms with E-state index in [1.54, 1.807) is 7.11 Å². The number of nitrogens with zero attached hydrogens (tertiary/aromatic N) is 4. The van der Waals surface area contributed by atoms with Gasteiger partial charge in [-0.25, -0.2) is 4.98 Å². The first kappa shape index (κ1) is 22.1. The Morgan fingerprint density at radius 1 is 1.16 bits per heavy atom. The van der Waals surface area contributed by atoms with Gasteiger partial charge in [-0.15, -0.1) is 0 Å². The van der Waals surface area contributed by atoms with Crippen molar-refractivity contribution in [3.05, 3.63) is 65.6 Å². The number of aryl methyl sites for hydroxylation is 1. The van der Waals surface area contributed by atoms with Gasteiger partial charge in [0.1, 0.15) is 11.4 Å². The molecule has 0 amide bonds. The van der Waals surface area contributed by atoms with Gasteiger partial charge in [-0.3, -0.25) is 9.89 Å². The second-order valence-electron chi connectivity index (χ2n) is 8.29. The van der Waals surface area contributed by atoms with E-state index in [4.69, 9.17) is 9.72 Å². The molecule has 0 saturated carbocycles. The molecule has 1 aliphatic rings.